The Kier molecular flexibility index (Phi) is 8.75. The van der Waals surface area contributed by atoms with Crippen molar-refractivity contribution in [1.82, 2.24) is 15.5 Å². The van der Waals surface area contributed by atoms with E-state index in [4.69, 9.17) is 0 Å². The van der Waals surface area contributed by atoms with E-state index in [1.165, 1.54) is 24.8 Å². The fourth-order valence-electron chi connectivity index (χ4n) is 5.42. The number of hydrogen-bond donors (Lipinski definition) is 2. The molecule has 2 unspecified atom stereocenters. The van der Waals surface area contributed by atoms with E-state index in [1.807, 2.05) is 4.90 Å². The predicted molar refractivity (Wildman–Crippen MR) is 136 cm³/mol. The average Bonchev–Trinajstić information content (AvgIpc) is 2.75. The normalized spacial score (nSPS) is 30.3. The number of rotatable bonds is 10. The van der Waals surface area contributed by atoms with Gasteiger partial charge >= 0.3 is 0 Å². The lowest BCUT2D eigenvalue weighted by molar-refractivity contribution is -0.137. The third kappa shape index (κ3) is 7.43. The van der Waals surface area contributed by atoms with Gasteiger partial charge in [0.25, 0.3) is 0 Å². The first kappa shape index (κ1) is 25.5. The van der Waals surface area contributed by atoms with Gasteiger partial charge in [-0.25, -0.2) is 0 Å². The van der Waals surface area contributed by atoms with Gasteiger partial charge in [-0.3, -0.25) is 9.59 Å². The number of unbranched alkanes of at least 4 members (excludes halogenated alkanes) is 1. The molecule has 0 bridgehead atoms. The van der Waals surface area contributed by atoms with Crippen LogP contribution in [0.15, 0.2) is 48.1 Å². The van der Waals surface area contributed by atoms with Crippen molar-refractivity contribution < 1.29 is 9.59 Å². The van der Waals surface area contributed by atoms with Crippen LogP contribution < -0.4 is 10.6 Å². The quantitative estimate of drug-likeness (QED) is 0.505. The minimum atomic E-state index is -0.262. The third-order valence-electron chi connectivity index (χ3n) is 7.23. The van der Waals surface area contributed by atoms with Gasteiger partial charge in [-0.15, -0.1) is 0 Å². The molecule has 0 aromatic heterocycles. The number of amides is 2. The third-order valence-corrected chi connectivity index (χ3v) is 7.23. The molecule has 33 heavy (non-hydrogen) atoms. The second kappa shape index (κ2) is 11.3. The summed E-state index contributed by atoms with van der Waals surface area (Å²) < 4.78 is 0. The Morgan fingerprint density at radius 2 is 2.03 bits per heavy atom. The van der Waals surface area contributed by atoms with Crippen molar-refractivity contribution in [3.8, 4) is 0 Å². The van der Waals surface area contributed by atoms with Gasteiger partial charge in [0.1, 0.15) is 0 Å². The van der Waals surface area contributed by atoms with E-state index in [0.29, 0.717) is 6.42 Å². The van der Waals surface area contributed by atoms with Crippen molar-refractivity contribution in [1.29, 1.82) is 0 Å². The Morgan fingerprint density at radius 3 is 2.73 bits per heavy atom. The molecular formula is C28H43N3O2. The molecule has 1 fully saturated rings. The lowest BCUT2D eigenvalue weighted by atomic mass is 9.76. The van der Waals surface area contributed by atoms with Crippen molar-refractivity contribution in [2.75, 3.05) is 19.6 Å². The molecule has 1 aliphatic heterocycles. The summed E-state index contributed by atoms with van der Waals surface area (Å²) in [6.07, 6.45) is 22.4. The molecule has 5 heteroatoms. The zero-order valence-corrected chi connectivity index (χ0v) is 21.0. The van der Waals surface area contributed by atoms with Crippen molar-refractivity contribution in [3.63, 3.8) is 0 Å². The van der Waals surface area contributed by atoms with Gasteiger partial charge in [0, 0.05) is 38.0 Å². The molecule has 182 valence electrons. The molecule has 0 aromatic rings. The maximum absolute atomic E-state index is 13.4. The Balaban J connectivity index is 1.66. The first-order valence-electron chi connectivity index (χ1n) is 12.7. The largest absolute Gasteiger partial charge is 0.353 e. The van der Waals surface area contributed by atoms with Crippen LogP contribution in [0.25, 0.3) is 0 Å². The summed E-state index contributed by atoms with van der Waals surface area (Å²) in [7, 11) is 0. The van der Waals surface area contributed by atoms with Crippen LogP contribution in [0.2, 0.25) is 0 Å². The molecule has 5 nitrogen and oxygen atoms in total. The second-order valence-corrected chi connectivity index (χ2v) is 10.8. The van der Waals surface area contributed by atoms with Crippen LogP contribution in [0.4, 0.5) is 0 Å². The van der Waals surface area contributed by atoms with Crippen molar-refractivity contribution in [2.45, 2.75) is 84.7 Å². The molecule has 4 atom stereocenters. The van der Waals surface area contributed by atoms with Crippen LogP contribution in [-0.4, -0.2) is 48.4 Å². The number of nitrogens with zero attached hydrogens (tertiary/aromatic N) is 1. The van der Waals surface area contributed by atoms with Crippen LogP contribution in [-0.2, 0) is 9.59 Å². The molecule has 2 amide bonds. The van der Waals surface area contributed by atoms with Crippen LogP contribution in [0, 0.1) is 10.8 Å². The SMILES string of the molecule is CCCCC1(C)C=C(C[C@@H](C[C@@H]2NCCN(CC3(C)C=CC=CC3)C2=O)NC(C)=O)C=CC1. The Labute approximate surface area is 200 Å². The summed E-state index contributed by atoms with van der Waals surface area (Å²) >= 11 is 0. The zero-order valence-electron chi connectivity index (χ0n) is 21.0. The molecule has 2 N–H and O–H groups in total. The monoisotopic (exact) mass is 453 g/mol. The highest BCUT2D eigenvalue weighted by Gasteiger charge is 2.35. The van der Waals surface area contributed by atoms with Crippen LogP contribution in [0.3, 0.4) is 0 Å². The average molecular weight is 454 g/mol. The van der Waals surface area contributed by atoms with Gasteiger partial charge in [-0.05, 0) is 43.1 Å². The van der Waals surface area contributed by atoms with Gasteiger partial charge < -0.3 is 15.5 Å². The van der Waals surface area contributed by atoms with E-state index >= 15 is 0 Å². The van der Waals surface area contributed by atoms with Crippen LogP contribution in [0.5, 0.6) is 0 Å². The lowest BCUT2D eigenvalue weighted by Gasteiger charge is -2.40. The van der Waals surface area contributed by atoms with Crippen LogP contribution in [0.1, 0.15) is 72.6 Å². The maximum Gasteiger partial charge on any atom is 0.239 e. The topological polar surface area (TPSA) is 61.4 Å². The summed E-state index contributed by atoms with van der Waals surface area (Å²) in [4.78, 5) is 27.3. The predicted octanol–water partition coefficient (Wildman–Crippen LogP) is 4.68. The first-order chi connectivity index (χ1) is 15.7. The Hall–Kier alpha value is -2.14. The van der Waals surface area contributed by atoms with E-state index in [1.54, 1.807) is 6.92 Å². The smallest absolute Gasteiger partial charge is 0.239 e. The zero-order chi connectivity index (χ0) is 23.9. The molecule has 1 heterocycles. The summed E-state index contributed by atoms with van der Waals surface area (Å²) in [5, 5.41) is 6.55. The van der Waals surface area contributed by atoms with Gasteiger partial charge in [-0.2, -0.15) is 0 Å². The molecule has 0 saturated carbocycles. The van der Waals surface area contributed by atoms with Crippen molar-refractivity contribution in [2.24, 2.45) is 10.8 Å². The minimum Gasteiger partial charge on any atom is -0.353 e. The van der Waals surface area contributed by atoms with Gasteiger partial charge in [-0.1, -0.05) is 76.1 Å². The fourth-order valence-corrected chi connectivity index (χ4v) is 5.42. The molecular weight excluding hydrogens is 410 g/mol. The van der Waals surface area contributed by atoms with E-state index in [2.05, 4.69) is 73.9 Å². The van der Waals surface area contributed by atoms with Crippen molar-refractivity contribution >= 4 is 11.8 Å². The molecule has 1 saturated heterocycles. The summed E-state index contributed by atoms with van der Waals surface area (Å²) in [6.45, 7) is 10.6. The first-order valence-corrected chi connectivity index (χ1v) is 12.7. The van der Waals surface area contributed by atoms with Crippen molar-refractivity contribution in [3.05, 3.63) is 48.1 Å². The maximum atomic E-state index is 13.4. The van der Waals surface area contributed by atoms with E-state index in [-0.39, 0.29) is 34.7 Å². The van der Waals surface area contributed by atoms with E-state index in [0.717, 1.165) is 38.9 Å². The van der Waals surface area contributed by atoms with Gasteiger partial charge in [0.05, 0.1) is 6.04 Å². The molecule has 0 radical (unpaired) electrons. The van der Waals surface area contributed by atoms with Gasteiger partial charge in [0.15, 0.2) is 0 Å². The number of piperazine rings is 1. The number of carbonyl (C=O) groups excluding carboxylic acids is 2. The highest BCUT2D eigenvalue weighted by molar-refractivity contribution is 5.83. The van der Waals surface area contributed by atoms with Gasteiger partial charge in [0.2, 0.25) is 11.8 Å². The minimum absolute atomic E-state index is 0.00993. The lowest BCUT2D eigenvalue weighted by Crippen LogP contribution is -2.58. The summed E-state index contributed by atoms with van der Waals surface area (Å²) in [6, 6.07) is -0.330. The second-order valence-electron chi connectivity index (χ2n) is 10.8. The molecule has 2 aliphatic carbocycles. The highest BCUT2D eigenvalue weighted by Crippen LogP contribution is 2.36. The number of allylic oxidation sites excluding steroid dienone is 6. The molecule has 3 rings (SSSR count). The van der Waals surface area contributed by atoms with E-state index in [9.17, 15) is 9.59 Å². The Bertz CT molecular complexity index is 827. The van der Waals surface area contributed by atoms with Crippen LogP contribution >= 0.6 is 0 Å². The fraction of sp³-hybridized carbons (Fsp3) is 0.643. The molecule has 0 spiro atoms. The summed E-state index contributed by atoms with van der Waals surface area (Å²) in [5.74, 6) is 0.114. The number of nitrogens with one attached hydrogen (secondary N) is 2. The highest BCUT2D eigenvalue weighted by atomic mass is 16.2. The molecule has 3 aliphatic rings. The molecule has 0 aromatic carbocycles. The number of carbonyl (C=O) groups is 2. The summed E-state index contributed by atoms with van der Waals surface area (Å²) in [5.41, 5.74) is 1.45. The van der Waals surface area contributed by atoms with E-state index < -0.39 is 0 Å². The standard InChI is InChI=1S/C28H43N3O2/c1-5-6-12-27(3)15-10-11-23(20-27)18-24(30-22(2)32)19-25-26(33)31(17-16-29-25)21-28(4)13-8-7-9-14-28/h7-11,13,20,24-25,29H,5-6,12,14-19,21H2,1-4H3,(H,30,32)/t24-,25-,27?,28?/m0/s1. The number of hydrogen-bond acceptors (Lipinski definition) is 3. The Morgan fingerprint density at radius 1 is 1.24 bits per heavy atom.